The van der Waals surface area contributed by atoms with Crippen molar-refractivity contribution in [2.45, 2.75) is 57.4 Å². The topological polar surface area (TPSA) is 93.3 Å². The number of aromatic nitrogens is 1. The molecule has 1 heterocycles. The zero-order chi connectivity index (χ0) is 19.7. The maximum atomic E-state index is 12.6. The van der Waals surface area contributed by atoms with E-state index in [0.29, 0.717) is 16.8 Å². The average Bonchev–Trinajstić information content (AvgIpc) is 3.31. The number of carbonyl (C=O) groups is 2. The highest BCUT2D eigenvalue weighted by molar-refractivity contribution is 5.94. The summed E-state index contributed by atoms with van der Waals surface area (Å²) in [5.41, 5.74) is 1.79. The number of anilines is 1. The average molecular weight is 385 g/mol. The van der Waals surface area contributed by atoms with Crippen molar-refractivity contribution in [3.8, 4) is 0 Å². The van der Waals surface area contributed by atoms with Crippen molar-refractivity contribution < 1.29 is 14.0 Å². The minimum absolute atomic E-state index is 0.0156. The van der Waals surface area contributed by atoms with Gasteiger partial charge in [0.15, 0.2) is 5.58 Å². The Morgan fingerprint density at radius 1 is 1.00 bits per heavy atom. The number of fused-ring (bicyclic) bond motifs is 1. The van der Waals surface area contributed by atoms with E-state index in [0.717, 1.165) is 51.4 Å². The molecular weight excluding hydrogens is 358 g/mol. The van der Waals surface area contributed by atoms with Crippen LogP contribution in [-0.4, -0.2) is 22.4 Å². The summed E-state index contributed by atoms with van der Waals surface area (Å²) in [6, 6.07) is 5.42. The molecule has 1 aromatic heterocycles. The van der Waals surface area contributed by atoms with Crippen LogP contribution in [0.3, 0.4) is 0 Å². The monoisotopic (exact) mass is 385 g/mol. The van der Waals surface area contributed by atoms with Crippen LogP contribution < -0.4 is 16.4 Å². The van der Waals surface area contributed by atoms with E-state index in [4.69, 9.17) is 4.42 Å². The van der Waals surface area contributed by atoms with Crippen molar-refractivity contribution >= 4 is 28.6 Å². The Morgan fingerprint density at radius 2 is 1.68 bits per heavy atom. The number of benzene rings is 1. The Kier molecular flexibility index (Phi) is 5.24. The third-order valence-corrected chi connectivity index (χ3v) is 6.23. The van der Waals surface area contributed by atoms with Crippen molar-refractivity contribution in [2.75, 3.05) is 5.32 Å². The lowest BCUT2D eigenvalue weighted by Crippen LogP contribution is -2.41. The van der Waals surface area contributed by atoms with Crippen LogP contribution in [0, 0.1) is 11.8 Å². The maximum Gasteiger partial charge on any atom is 0.419 e. The Morgan fingerprint density at radius 3 is 2.39 bits per heavy atom. The molecule has 2 aliphatic carbocycles. The van der Waals surface area contributed by atoms with Crippen LogP contribution in [0.1, 0.15) is 51.4 Å². The molecule has 2 saturated carbocycles. The van der Waals surface area contributed by atoms with Crippen molar-refractivity contribution in [1.82, 2.24) is 9.88 Å². The van der Waals surface area contributed by atoms with Gasteiger partial charge >= 0.3 is 5.76 Å². The van der Waals surface area contributed by atoms with Crippen LogP contribution in [-0.2, 0) is 16.6 Å². The van der Waals surface area contributed by atoms with Crippen molar-refractivity contribution in [1.29, 1.82) is 0 Å². The predicted octanol–water partition coefficient (Wildman–Crippen LogP) is 2.94. The molecule has 2 aromatic rings. The first-order valence-electron chi connectivity index (χ1n) is 10.2. The van der Waals surface area contributed by atoms with E-state index in [1.807, 2.05) is 0 Å². The van der Waals surface area contributed by atoms with Gasteiger partial charge < -0.3 is 15.1 Å². The Balaban J connectivity index is 1.30. The molecule has 0 aliphatic heterocycles. The molecule has 0 atom stereocenters. The Hall–Kier alpha value is -2.57. The largest absolute Gasteiger partial charge is 0.419 e. The van der Waals surface area contributed by atoms with Crippen LogP contribution in [0.4, 0.5) is 5.69 Å². The van der Waals surface area contributed by atoms with E-state index in [1.54, 1.807) is 25.2 Å². The fraction of sp³-hybridized carbons (Fsp3) is 0.571. The molecule has 2 amide bonds. The summed E-state index contributed by atoms with van der Waals surface area (Å²) < 4.78 is 6.61. The lowest BCUT2D eigenvalue weighted by Gasteiger charge is -2.29. The van der Waals surface area contributed by atoms with Gasteiger partial charge in [0.05, 0.1) is 5.52 Å². The van der Waals surface area contributed by atoms with Crippen molar-refractivity contribution in [2.24, 2.45) is 18.9 Å². The van der Waals surface area contributed by atoms with Gasteiger partial charge in [0.1, 0.15) is 0 Å². The minimum Gasteiger partial charge on any atom is -0.408 e. The van der Waals surface area contributed by atoms with Gasteiger partial charge in [-0.2, -0.15) is 0 Å². The molecule has 0 saturated heterocycles. The van der Waals surface area contributed by atoms with Crippen LogP contribution >= 0.6 is 0 Å². The van der Waals surface area contributed by atoms with Gasteiger partial charge in [0.2, 0.25) is 11.8 Å². The van der Waals surface area contributed by atoms with Gasteiger partial charge in [0.25, 0.3) is 0 Å². The summed E-state index contributed by atoms with van der Waals surface area (Å²) in [6.07, 6.45) is 7.54. The molecule has 2 N–H and O–H groups in total. The summed E-state index contributed by atoms with van der Waals surface area (Å²) in [4.78, 5) is 36.5. The first-order valence-corrected chi connectivity index (χ1v) is 10.2. The van der Waals surface area contributed by atoms with Crippen LogP contribution in [0.25, 0.3) is 11.1 Å². The van der Waals surface area contributed by atoms with E-state index in [9.17, 15) is 14.4 Å². The van der Waals surface area contributed by atoms with Gasteiger partial charge in [0, 0.05) is 36.7 Å². The second kappa shape index (κ2) is 7.81. The first-order chi connectivity index (χ1) is 13.5. The molecular formula is C21H27N3O4. The summed E-state index contributed by atoms with van der Waals surface area (Å²) in [7, 11) is 1.65. The molecule has 7 nitrogen and oxygen atoms in total. The summed E-state index contributed by atoms with van der Waals surface area (Å²) in [5.74, 6) is -0.107. The molecule has 7 heteroatoms. The van der Waals surface area contributed by atoms with Gasteiger partial charge in [-0.15, -0.1) is 0 Å². The highest BCUT2D eigenvalue weighted by Crippen LogP contribution is 2.28. The quantitative estimate of drug-likeness (QED) is 0.846. The zero-order valence-electron chi connectivity index (χ0n) is 16.2. The maximum absolute atomic E-state index is 12.6. The molecule has 4 rings (SSSR count). The van der Waals surface area contributed by atoms with Crippen LogP contribution in [0.2, 0.25) is 0 Å². The highest BCUT2D eigenvalue weighted by Gasteiger charge is 2.29. The predicted molar refractivity (Wildman–Crippen MR) is 106 cm³/mol. The number of rotatable bonds is 4. The number of hydrogen-bond acceptors (Lipinski definition) is 4. The molecule has 0 bridgehead atoms. The summed E-state index contributed by atoms with van der Waals surface area (Å²) in [6.45, 7) is 0. The third kappa shape index (κ3) is 3.84. The van der Waals surface area contributed by atoms with Gasteiger partial charge in [-0.05, 0) is 50.7 Å². The van der Waals surface area contributed by atoms with Crippen LogP contribution in [0.5, 0.6) is 0 Å². The number of carbonyl (C=O) groups excluding carboxylic acids is 2. The number of nitrogens with one attached hydrogen (secondary N) is 2. The van der Waals surface area contributed by atoms with E-state index >= 15 is 0 Å². The fourth-order valence-corrected chi connectivity index (χ4v) is 4.46. The fourth-order valence-electron chi connectivity index (χ4n) is 4.46. The van der Waals surface area contributed by atoms with Gasteiger partial charge in [-0.3, -0.25) is 14.2 Å². The minimum atomic E-state index is -0.420. The van der Waals surface area contributed by atoms with Crippen molar-refractivity contribution in [3.63, 3.8) is 0 Å². The highest BCUT2D eigenvalue weighted by atomic mass is 16.4. The zero-order valence-corrected chi connectivity index (χ0v) is 16.2. The lowest BCUT2D eigenvalue weighted by atomic mass is 9.85. The van der Waals surface area contributed by atoms with Crippen molar-refractivity contribution in [3.05, 3.63) is 28.7 Å². The van der Waals surface area contributed by atoms with E-state index in [-0.39, 0.29) is 29.7 Å². The lowest BCUT2D eigenvalue weighted by molar-refractivity contribution is -0.125. The Labute approximate surface area is 163 Å². The summed E-state index contributed by atoms with van der Waals surface area (Å²) >= 11 is 0. The standard InChI is InChI=1S/C21H27N3O4/c1-24-17-11-10-16(12-18(17)28-21(24)27)23-20(26)14-6-8-15(9-7-14)22-19(25)13-4-2-3-5-13/h10-15H,2-9H2,1H3,(H,22,25)(H,23,26). The second-order valence-electron chi connectivity index (χ2n) is 8.14. The van der Waals surface area contributed by atoms with E-state index in [1.165, 1.54) is 4.57 Å². The van der Waals surface area contributed by atoms with E-state index in [2.05, 4.69) is 10.6 Å². The van der Waals surface area contributed by atoms with Gasteiger partial charge in [-0.1, -0.05) is 12.8 Å². The molecule has 0 radical (unpaired) electrons. The molecule has 1 aromatic carbocycles. The number of oxazole rings is 1. The molecule has 0 spiro atoms. The van der Waals surface area contributed by atoms with E-state index < -0.39 is 5.76 Å². The molecule has 2 fully saturated rings. The smallest absolute Gasteiger partial charge is 0.408 e. The third-order valence-electron chi connectivity index (χ3n) is 6.23. The van der Waals surface area contributed by atoms with Crippen LogP contribution in [0.15, 0.2) is 27.4 Å². The summed E-state index contributed by atoms with van der Waals surface area (Å²) in [5, 5.41) is 6.12. The molecule has 2 aliphatic rings. The number of hydrogen-bond donors (Lipinski definition) is 2. The molecule has 0 unspecified atom stereocenters. The normalized spacial score (nSPS) is 23.0. The number of aryl methyl sites for hydroxylation is 1. The first kappa shape index (κ1) is 18.8. The molecule has 150 valence electrons. The number of nitrogens with zero attached hydrogens (tertiary/aromatic N) is 1. The van der Waals surface area contributed by atoms with Gasteiger partial charge in [-0.25, -0.2) is 4.79 Å². The second-order valence-corrected chi connectivity index (χ2v) is 8.14. The SMILES string of the molecule is Cn1c(=O)oc2cc(NC(=O)C3CCC(NC(=O)C4CCCC4)CC3)ccc21. The molecule has 28 heavy (non-hydrogen) atoms. The Bertz CT molecular complexity index is 931. The number of amides is 2.